The van der Waals surface area contributed by atoms with Crippen LogP contribution in [-0.4, -0.2) is 25.5 Å². The zero-order valence-corrected chi connectivity index (χ0v) is 19.1. The Balaban J connectivity index is 1.85. The summed E-state index contributed by atoms with van der Waals surface area (Å²) in [4.78, 5) is 28.6. The number of hydrogen-bond acceptors (Lipinski definition) is 5. The first-order valence-corrected chi connectivity index (χ1v) is 10.8. The molecule has 0 fully saturated rings. The topological polar surface area (TPSA) is 67.9 Å². The molecular formula is C27H26N2O4. The van der Waals surface area contributed by atoms with Crippen LogP contribution >= 0.6 is 0 Å². The van der Waals surface area contributed by atoms with E-state index in [1.165, 1.54) is 4.90 Å². The van der Waals surface area contributed by atoms with Crippen molar-refractivity contribution in [3.63, 3.8) is 0 Å². The van der Waals surface area contributed by atoms with Crippen molar-refractivity contribution in [2.75, 3.05) is 23.9 Å². The maximum absolute atomic E-state index is 13.7. The van der Waals surface area contributed by atoms with Gasteiger partial charge >= 0.3 is 0 Å². The highest BCUT2D eigenvalue weighted by atomic mass is 16.5. The number of benzene rings is 3. The zero-order valence-electron chi connectivity index (χ0n) is 19.1. The first kappa shape index (κ1) is 22.1. The minimum Gasteiger partial charge on any atom is -0.496 e. The number of aryl methyl sites for hydroxylation is 2. The van der Waals surface area contributed by atoms with Crippen LogP contribution in [0.3, 0.4) is 0 Å². The SMILES string of the molecule is CCOc1cccc(NC2=C(c3ccccc3OC)C(=O)N(c3ccc(C)cc3C)C2=O)c1. The van der Waals surface area contributed by atoms with E-state index in [0.29, 0.717) is 35.0 Å². The van der Waals surface area contributed by atoms with Gasteiger partial charge in [0.05, 0.1) is 25.0 Å². The molecule has 3 aromatic rings. The summed E-state index contributed by atoms with van der Waals surface area (Å²) < 4.78 is 11.1. The molecule has 6 heteroatoms. The molecule has 6 nitrogen and oxygen atoms in total. The zero-order chi connectivity index (χ0) is 23.5. The van der Waals surface area contributed by atoms with Crippen molar-refractivity contribution in [1.82, 2.24) is 0 Å². The number of methoxy groups -OCH3 is 1. The van der Waals surface area contributed by atoms with E-state index < -0.39 is 11.8 Å². The van der Waals surface area contributed by atoms with Crippen molar-refractivity contribution >= 4 is 28.8 Å². The van der Waals surface area contributed by atoms with Gasteiger partial charge in [-0.25, -0.2) is 4.90 Å². The molecule has 0 saturated heterocycles. The molecule has 1 aliphatic rings. The molecule has 1 N–H and O–H groups in total. The summed E-state index contributed by atoms with van der Waals surface area (Å²) in [6.07, 6.45) is 0. The largest absolute Gasteiger partial charge is 0.496 e. The molecule has 0 aliphatic carbocycles. The Morgan fingerprint density at radius 1 is 0.909 bits per heavy atom. The molecule has 1 aliphatic heterocycles. The van der Waals surface area contributed by atoms with E-state index in [9.17, 15) is 9.59 Å². The molecule has 3 aromatic carbocycles. The quantitative estimate of drug-likeness (QED) is 0.515. The number of carbonyl (C=O) groups excluding carboxylic acids is 2. The number of anilines is 2. The van der Waals surface area contributed by atoms with Gasteiger partial charge in [-0.3, -0.25) is 9.59 Å². The van der Waals surface area contributed by atoms with Crippen LogP contribution in [0, 0.1) is 13.8 Å². The fourth-order valence-electron chi connectivity index (χ4n) is 4.00. The highest BCUT2D eigenvalue weighted by Gasteiger charge is 2.41. The average molecular weight is 443 g/mol. The van der Waals surface area contributed by atoms with E-state index in [4.69, 9.17) is 9.47 Å². The van der Waals surface area contributed by atoms with Gasteiger partial charge in [-0.1, -0.05) is 42.0 Å². The van der Waals surface area contributed by atoms with Crippen LogP contribution in [0.25, 0.3) is 5.57 Å². The lowest BCUT2D eigenvalue weighted by atomic mass is 10.0. The Labute approximate surface area is 193 Å². The number of nitrogens with zero attached hydrogens (tertiary/aromatic N) is 1. The fraction of sp³-hybridized carbons (Fsp3) is 0.185. The molecule has 1 heterocycles. The normalized spacial score (nSPS) is 13.5. The number of carbonyl (C=O) groups is 2. The maximum Gasteiger partial charge on any atom is 0.282 e. The van der Waals surface area contributed by atoms with Crippen LogP contribution in [0.4, 0.5) is 11.4 Å². The lowest BCUT2D eigenvalue weighted by molar-refractivity contribution is -0.120. The Hall–Kier alpha value is -4.06. The van der Waals surface area contributed by atoms with Crippen molar-refractivity contribution in [2.24, 2.45) is 0 Å². The van der Waals surface area contributed by atoms with E-state index in [2.05, 4.69) is 5.32 Å². The van der Waals surface area contributed by atoms with E-state index >= 15 is 0 Å². The Morgan fingerprint density at radius 3 is 2.42 bits per heavy atom. The van der Waals surface area contributed by atoms with E-state index in [1.807, 2.05) is 63.2 Å². The minimum absolute atomic E-state index is 0.193. The summed E-state index contributed by atoms with van der Waals surface area (Å²) in [6, 6.07) is 20.1. The molecule has 0 unspecified atom stereocenters. The summed E-state index contributed by atoms with van der Waals surface area (Å²) in [7, 11) is 1.54. The second-order valence-electron chi connectivity index (χ2n) is 7.77. The molecule has 0 bridgehead atoms. The van der Waals surface area contributed by atoms with Crippen molar-refractivity contribution < 1.29 is 19.1 Å². The van der Waals surface area contributed by atoms with Crippen LogP contribution in [0.1, 0.15) is 23.6 Å². The van der Waals surface area contributed by atoms with Crippen LogP contribution in [-0.2, 0) is 9.59 Å². The average Bonchev–Trinajstić information content (AvgIpc) is 3.04. The smallest absolute Gasteiger partial charge is 0.282 e. The van der Waals surface area contributed by atoms with Gasteiger partial charge in [0.15, 0.2) is 0 Å². The number of amides is 2. The summed E-state index contributed by atoms with van der Waals surface area (Å²) >= 11 is 0. The standard InChI is InChI=1S/C27H26N2O4/c1-5-33-20-10-8-9-19(16-20)28-25-24(21-11-6-7-12-23(21)32-4)26(30)29(27(25)31)22-14-13-17(2)15-18(22)3/h6-16,28H,5H2,1-4H3. The van der Waals surface area contributed by atoms with Crippen LogP contribution in [0.2, 0.25) is 0 Å². The Morgan fingerprint density at radius 2 is 1.70 bits per heavy atom. The second kappa shape index (κ2) is 9.20. The molecule has 0 spiro atoms. The van der Waals surface area contributed by atoms with Crippen molar-refractivity contribution in [1.29, 1.82) is 0 Å². The summed E-state index contributed by atoms with van der Waals surface area (Å²) in [5.74, 6) is 0.359. The van der Waals surface area contributed by atoms with Crippen molar-refractivity contribution in [3.05, 3.63) is 89.1 Å². The van der Waals surface area contributed by atoms with Crippen LogP contribution < -0.4 is 19.7 Å². The molecule has 0 atom stereocenters. The highest BCUT2D eigenvalue weighted by Crippen LogP contribution is 2.38. The van der Waals surface area contributed by atoms with Crippen LogP contribution in [0.15, 0.2) is 72.4 Å². The van der Waals surface area contributed by atoms with E-state index in [-0.39, 0.29) is 11.3 Å². The van der Waals surface area contributed by atoms with Gasteiger partial charge < -0.3 is 14.8 Å². The van der Waals surface area contributed by atoms with Crippen molar-refractivity contribution in [2.45, 2.75) is 20.8 Å². The number of ether oxygens (including phenoxy) is 2. The summed E-state index contributed by atoms with van der Waals surface area (Å²) in [5.41, 5.74) is 4.11. The molecule has 4 rings (SSSR count). The van der Waals surface area contributed by atoms with Gasteiger partial charge in [0.2, 0.25) is 0 Å². The number of nitrogens with one attached hydrogen (secondary N) is 1. The van der Waals surface area contributed by atoms with Gasteiger partial charge in [-0.2, -0.15) is 0 Å². The van der Waals surface area contributed by atoms with E-state index in [1.54, 1.807) is 31.4 Å². The van der Waals surface area contributed by atoms with Gasteiger partial charge in [0.1, 0.15) is 17.2 Å². The number of rotatable bonds is 7. The minimum atomic E-state index is -0.422. The molecule has 0 radical (unpaired) electrons. The Kier molecular flexibility index (Phi) is 6.18. The Bertz CT molecular complexity index is 1260. The third-order valence-electron chi connectivity index (χ3n) is 5.47. The molecule has 0 saturated carbocycles. The number of hydrogen-bond donors (Lipinski definition) is 1. The molecule has 0 aromatic heterocycles. The van der Waals surface area contributed by atoms with Gasteiger partial charge in [0.25, 0.3) is 11.8 Å². The monoisotopic (exact) mass is 442 g/mol. The molecule has 168 valence electrons. The predicted octanol–water partition coefficient (Wildman–Crippen LogP) is 5.11. The van der Waals surface area contributed by atoms with E-state index in [0.717, 1.165) is 11.1 Å². The number of imide groups is 1. The van der Waals surface area contributed by atoms with Gasteiger partial charge in [-0.15, -0.1) is 0 Å². The third kappa shape index (κ3) is 4.20. The molecule has 2 amide bonds. The summed E-state index contributed by atoms with van der Waals surface area (Å²) in [5, 5.41) is 3.18. The van der Waals surface area contributed by atoms with Crippen molar-refractivity contribution in [3.8, 4) is 11.5 Å². The highest BCUT2D eigenvalue weighted by molar-refractivity contribution is 6.46. The third-order valence-corrected chi connectivity index (χ3v) is 5.47. The maximum atomic E-state index is 13.7. The second-order valence-corrected chi connectivity index (χ2v) is 7.77. The fourth-order valence-corrected chi connectivity index (χ4v) is 4.00. The first-order chi connectivity index (χ1) is 15.9. The molecule has 33 heavy (non-hydrogen) atoms. The van der Waals surface area contributed by atoms with Crippen LogP contribution in [0.5, 0.6) is 11.5 Å². The lowest BCUT2D eigenvalue weighted by Crippen LogP contribution is -2.33. The lowest BCUT2D eigenvalue weighted by Gasteiger charge is -2.18. The predicted molar refractivity (Wildman–Crippen MR) is 130 cm³/mol. The molecular weight excluding hydrogens is 416 g/mol. The van der Waals surface area contributed by atoms with Gasteiger partial charge in [-0.05, 0) is 50.6 Å². The first-order valence-electron chi connectivity index (χ1n) is 10.8. The number of para-hydroxylation sites is 1. The summed E-state index contributed by atoms with van der Waals surface area (Å²) in [6.45, 7) is 6.30. The van der Waals surface area contributed by atoms with Gasteiger partial charge in [0, 0.05) is 17.3 Å².